The van der Waals surface area contributed by atoms with E-state index >= 15 is 4.79 Å². The van der Waals surface area contributed by atoms with Gasteiger partial charge >= 0.3 is 0 Å². The van der Waals surface area contributed by atoms with Crippen LogP contribution in [0.2, 0.25) is 0 Å². The van der Waals surface area contributed by atoms with Gasteiger partial charge in [-0.15, -0.1) is 0 Å². The van der Waals surface area contributed by atoms with Gasteiger partial charge in [0.1, 0.15) is 34.4 Å². The van der Waals surface area contributed by atoms with Gasteiger partial charge in [0, 0.05) is 53.6 Å². The quantitative estimate of drug-likeness (QED) is 0.118. The summed E-state index contributed by atoms with van der Waals surface area (Å²) in [6.07, 6.45) is -0.385. The largest absolute Gasteiger partial charge is 0.511 e. The van der Waals surface area contributed by atoms with Crippen molar-refractivity contribution < 1.29 is 44.4 Å². The molecule has 9 heteroatoms. The van der Waals surface area contributed by atoms with Crippen molar-refractivity contribution >= 4 is 39.7 Å². The molecule has 0 spiro atoms. The van der Waals surface area contributed by atoms with Crippen LogP contribution in [0.15, 0.2) is 108 Å². The van der Waals surface area contributed by atoms with Gasteiger partial charge in [-0.25, -0.2) is 0 Å². The standard InChI is InChI=1S/C48H48O9/c1-25(2)39-42(53)37(27(4)49)44(55)48(57)45(56)40-43(54)38-34(26(3)46(40,5)36(47(39,48)6)24-32(50)21-28-13-8-7-9-14-28)20-19-31(41(38)52)23-33(51)22-30-17-12-16-29-15-10-11-18-35(29)30/h7-20,25-26,36,39,52-53,56-57H,21-24H2,1-6H3/t26-,36-,39?,46-,47-,48+/m1/s1. The molecule has 0 amide bonds. The summed E-state index contributed by atoms with van der Waals surface area (Å²) in [4.78, 5) is 70.4. The van der Waals surface area contributed by atoms with Crippen molar-refractivity contribution in [3.8, 4) is 5.75 Å². The smallest absolute Gasteiger partial charge is 0.209 e. The normalized spacial score (nSPS) is 27.0. The lowest BCUT2D eigenvalue weighted by Crippen LogP contribution is -2.71. The minimum atomic E-state index is -2.92. The molecule has 57 heavy (non-hydrogen) atoms. The summed E-state index contributed by atoms with van der Waals surface area (Å²) in [6.45, 7) is 9.67. The van der Waals surface area contributed by atoms with Gasteiger partial charge in [-0.2, -0.15) is 0 Å². The fourth-order valence-corrected chi connectivity index (χ4v) is 10.8. The summed E-state index contributed by atoms with van der Waals surface area (Å²) in [7, 11) is 0. The van der Waals surface area contributed by atoms with Gasteiger partial charge in [0.05, 0.1) is 5.56 Å². The molecule has 0 saturated heterocycles. The van der Waals surface area contributed by atoms with E-state index < -0.39 is 80.3 Å². The van der Waals surface area contributed by atoms with E-state index in [1.54, 1.807) is 71.0 Å². The highest BCUT2D eigenvalue weighted by Crippen LogP contribution is 2.71. The SMILES string of the molecule is CC(=O)C1=C(O)C(C(C)C)[C@@]2(C)[C@H](CC(=O)Cc3ccccc3)[C@]3(C)C(=C(O)[C@@]2(O)C1=O)C(=O)c1c(ccc(CC(=O)Cc2cccc4ccccc24)c1O)[C@H]3C. The number of allylic oxidation sites excluding steroid dienone is 2. The van der Waals surface area contributed by atoms with Gasteiger partial charge in [-0.1, -0.05) is 120 Å². The van der Waals surface area contributed by atoms with Crippen molar-refractivity contribution in [1.29, 1.82) is 0 Å². The van der Waals surface area contributed by atoms with Crippen LogP contribution in [0.25, 0.3) is 10.8 Å². The summed E-state index contributed by atoms with van der Waals surface area (Å²) >= 11 is 0. The zero-order chi connectivity index (χ0) is 41.4. The first kappa shape index (κ1) is 39.6. The highest BCUT2D eigenvalue weighted by Gasteiger charge is 2.75. The topological polar surface area (TPSA) is 166 Å². The number of hydrogen-bond donors (Lipinski definition) is 4. The van der Waals surface area contributed by atoms with Crippen LogP contribution in [-0.4, -0.2) is 54.9 Å². The third kappa shape index (κ3) is 5.72. The summed E-state index contributed by atoms with van der Waals surface area (Å²) < 4.78 is 0. The van der Waals surface area contributed by atoms with Crippen molar-refractivity contribution in [2.45, 2.75) is 78.7 Å². The molecule has 0 saturated carbocycles. The van der Waals surface area contributed by atoms with Crippen molar-refractivity contribution in [1.82, 2.24) is 0 Å². The summed E-state index contributed by atoms with van der Waals surface area (Å²) in [5.41, 5.74) is -5.25. The molecule has 0 aliphatic heterocycles. The highest BCUT2D eigenvalue weighted by molar-refractivity contribution is 6.25. The number of carbonyl (C=O) groups excluding carboxylic acids is 5. The fraction of sp³-hybridized carbons (Fsp3) is 0.354. The van der Waals surface area contributed by atoms with Crippen LogP contribution in [0, 0.1) is 28.6 Å². The third-order valence-electron chi connectivity index (χ3n) is 13.6. The number of Topliss-reactive ketones (excluding diaryl/α,β-unsaturated/α-hetero) is 5. The van der Waals surface area contributed by atoms with Crippen molar-refractivity contribution in [3.63, 3.8) is 0 Å². The molecule has 4 N–H and O–H groups in total. The molecule has 294 valence electrons. The molecule has 9 nitrogen and oxygen atoms in total. The van der Waals surface area contributed by atoms with Crippen molar-refractivity contribution in [2.75, 3.05) is 0 Å². The average molecular weight is 769 g/mol. The van der Waals surface area contributed by atoms with E-state index in [-0.39, 0.29) is 53.9 Å². The number of carbonyl (C=O) groups is 5. The zero-order valence-corrected chi connectivity index (χ0v) is 33.1. The minimum Gasteiger partial charge on any atom is -0.511 e. The Hall–Kier alpha value is -5.67. The number of fused-ring (bicyclic) bond motifs is 4. The van der Waals surface area contributed by atoms with Crippen molar-refractivity contribution in [2.24, 2.45) is 28.6 Å². The zero-order valence-electron chi connectivity index (χ0n) is 33.1. The van der Waals surface area contributed by atoms with E-state index in [1.165, 1.54) is 0 Å². The second-order valence-corrected chi connectivity index (χ2v) is 16.9. The van der Waals surface area contributed by atoms with Gasteiger partial charge in [0.15, 0.2) is 17.2 Å². The van der Waals surface area contributed by atoms with E-state index in [1.807, 2.05) is 48.5 Å². The number of aliphatic hydroxyl groups excluding tert-OH is 2. The maximum atomic E-state index is 15.1. The number of hydrogen-bond acceptors (Lipinski definition) is 9. The predicted molar refractivity (Wildman–Crippen MR) is 215 cm³/mol. The molecule has 1 unspecified atom stereocenters. The van der Waals surface area contributed by atoms with Crippen LogP contribution in [-0.2, 0) is 38.4 Å². The molecular formula is C48H48O9. The lowest BCUT2D eigenvalue weighted by molar-refractivity contribution is -0.193. The number of benzene rings is 4. The first-order valence-corrected chi connectivity index (χ1v) is 19.5. The minimum absolute atomic E-state index is 0.00360. The second-order valence-electron chi connectivity index (χ2n) is 16.9. The van der Waals surface area contributed by atoms with Gasteiger partial charge in [0.2, 0.25) is 5.78 Å². The van der Waals surface area contributed by atoms with Crippen LogP contribution in [0.3, 0.4) is 0 Å². The Balaban J connectivity index is 1.39. The third-order valence-corrected chi connectivity index (χ3v) is 13.6. The maximum absolute atomic E-state index is 15.1. The van der Waals surface area contributed by atoms with E-state index in [0.29, 0.717) is 5.56 Å². The number of aromatic hydroxyl groups is 1. The molecule has 0 fully saturated rings. The Labute approximate surface area is 331 Å². The molecule has 4 aromatic rings. The van der Waals surface area contributed by atoms with Gasteiger partial charge in [0.25, 0.3) is 0 Å². The fourth-order valence-electron chi connectivity index (χ4n) is 10.8. The molecule has 0 bridgehead atoms. The van der Waals surface area contributed by atoms with E-state index in [0.717, 1.165) is 28.8 Å². The molecule has 7 rings (SSSR count). The Morgan fingerprint density at radius 3 is 2.07 bits per heavy atom. The Kier molecular flexibility index (Phi) is 9.76. The Morgan fingerprint density at radius 1 is 0.772 bits per heavy atom. The van der Waals surface area contributed by atoms with E-state index in [2.05, 4.69) is 0 Å². The van der Waals surface area contributed by atoms with Crippen LogP contribution in [0.5, 0.6) is 5.75 Å². The summed E-state index contributed by atoms with van der Waals surface area (Å²) in [5, 5.41) is 51.0. The Bertz CT molecular complexity index is 2450. The van der Waals surface area contributed by atoms with Crippen LogP contribution >= 0.6 is 0 Å². The number of phenols is 1. The molecule has 3 aliphatic carbocycles. The van der Waals surface area contributed by atoms with E-state index in [9.17, 15) is 39.6 Å². The van der Waals surface area contributed by atoms with Crippen LogP contribution < -0.4 is 0 Å². The van der Waals surface area contributed by atoms with Crippen molar-refractivity contribution in [3.05, 3.63) is 135 Å². The monoisotopic (exact) mass is 768 g/mol. The van der Waals surface area contributed by atoms with Gasteiger partial charge < -0.3 is 20.4 Å². The predicted octanol–water partition coefficient (Wildman–Crippen LogP) is 7.84. The highest BCUT2D eigenvalue weighted by atomic mass is 16.4. The first-order valence-electron chi connectivity index (χ1n) is 19.5. The average Bonchev–Trinajstić information content (AvgIpc) is 3.15. The molecule has 6 atom stereocenters. The maximum Gasteiger partial charge on any atom is 0.209 e. The number of rotatable bonds is 10. The molecule has 3 aliphatic rings. The van der Waals surface area contributed by atoms with Crippen LogP contribution in [0.4, 0.5) is 0 Å². The van der Waals surface area contributed by atoms with Crippen LogP contribution in [0.1, 0.15) is 86.5 Å². The first-order chi connectivity index (χ1) is 26.9. The van der Waals surface area contributed by atoms with Gasteiger partial charge in [-0.05, 0) is 52.1 Å². The lowest BCUT2D eigenvalue weighted by Gasteiger charge is -2.65. The van der Waals surface area contributed by atoms with Gasteiger partial charge in [-0.3, -0.25) is 24.0 Å². The van der Waals surface area contributed by atoms with E-state index in [4.69, 9.17) is 0 Å². The molecule has 0 heterocycles. The molecule has 0 aromatic heterocycles. The molecular weight excluding hydrogens is 721 g/mol. The molecule has 0 radical (unpaired) electrons. The molecule has 4 aromatic carbocycles. The Morgan fingerprint density at radius 2 is 1.40 bits per heavy atom. The number of aliphatic hydroxyl groups is 3. The summed E-state index contributed by atoms with van der Waals surface area (Å²) in [5.74, 6) is -8.79. The summed E-state index contributed by atoms with van der Waals surface area (Å²) in [6, 6.07) is 25.8. The second kappa shape index (κ2) is 14.1. The number of ketones is 5. The number of phenolic OH excluding ortho intramolecular Hbond substituents is 1. The lowest BCUT2D eigenvalue weighted by atomic mass is 9.38.